The average molecular weight is 397 g/mol. The van der Waals surface area contributed by atoms with Gasteiger partial charge in [0.1, 0.15) is 0 Å². The Morgan fingerprint density at radius 2 is 0.964 bits per heavy atom. The van der Waals surface area contributed by atoms with Crippen LogP contribution in [-0.4, -0.2) is 18.5 Å². The summed E-state index contributed by atoms with van der Waals surface area (Å²) in [7, 11) is 0. The monoisotopic (exact) mass is 396 g/mol. The highest BCUT2D eigenvalue weighted by molar-refractivity contribution is 5.81. The van der Waals surface area contributed by atoms with Gasteiger partial charge in [-0.1, -0.05) is 129 Å². The van der Waals surface area contributed by atoms with Crippen molar-refractivity contribution in [3.05, 3.63) is 0 Å². The first-order valence-corrected chi connectivity index (χ1v) is 12.8. The maximum atomic E-state index is 11.9. The molecule has 0 aliphatic carbocycles. The molecule has 168 valence electrons. The van der Waals surface area contributed by atoms with Gasteiger partial charge in [0.05, 0.1) is 6.04 Å². The first-order chi connectivity index (χ1) is 13.7. The Bertz CT molecular complexity index is 320. The van der Waals surface area contributed by atoms with Crippen molar-refractivity contribution in [2.75, 3.05) is 6.54 Å². The molecular formula is C25H52N2O. The van der Waals surface area contributed by atoms with E-state index in [-0.39, 0.29) is 11.9 Å². The van der Waals surface area contributed by atoms with E-state index in [0.717, 1.165) is 25.8 Å². The molecule has 0 aromatic heterocycles. The molecule has 0 saturated carbocycles. The molecule has 0 aliphatic rings. The molecule has 0 aliphatic heterocycles. The van der Waals surface area contributed by atoms with Crippen molar-refractivity contribution in [3.8, 4) is 0 Å². The zero-order chi connectivity index (χ0) is 20.7. The van der Waals surface area contributed by atoms with E-state index >= 15 is 0 Å². The van der Waals surface area contributed by atoms with Crippen LogP contribution in [0.1, 0.15) is 142 Å². The Hall–Kier alpha value is -0.570. The average Bonchev–Trinajstić information content (AvgIpc) is 2.70. The highest BCUT2D eigenvalue weighted by atomic mass is 16.2. The van der Waals surface area contributed by atoms with Gasteiger partial charge in [-0.05, 0) is 12.8 Å². The van der Waals surface area contributed by atoms with E-state index in [2.05, 4.69) is 19.2 Å². The third-order valence-electron chi connectivity index (χ3n) is 5.79. The molecule has 1 amide bonds. The van der Waals surface area contributed by atoms with Crippen molar-refractivity contribution in [3.63, 3.8) is 0 Å². The lowest BCUT2D eigenvalue weighted by Crippen LogP contribution is -2.40. The molecule has 3 heteroatoms. The number of amides is 1. The lowest BCUT2D eigenvalue weighted by molar-refractivity contribution is -0.122. The second-order valence-corrected chi connectivity index (χ2v) is 8.70. The van der Waals surface area contributed by atoms with Crippen LogP contribution in [-0.2, 0) is 4.79 Å². The van der Waals surface area contributed by atoms with Gasteiger partial charge in [-0.25, -0.2) is 0 Å². The fourth-order valence-electron chi connectivity index (χ4n) is 3.76. The van der Waals surface area contributed by atoms with Crippen molar-refractivity contribution in [2.45, 2.75) is 148 Å². The second kappa shape index (κ2) is 22.7. The van der Waals surface area contributed by atoms with Crippen molar-refractivity contribution < 1.29 is 4.79 Å². The summed E-state index contributed by atoms with van der Waals surface area (Å²) in [6.45, 7) is 5.24. The summed E-state index contributed by atoms with van der Waals surface area (Å²) < 4.78 is 0. The second-order valence-electron chi connectivity index (χ2n) is 8.70. The van der Waals surface area contributed by atoms with Crippen LogP contribution in [0.3, 0.4) is 0 Å². The lowest BCUT2D eigenvalue weighted by Gasteiger charge is -2.11. The molecule has 3 nitrogen and oxygen atoms in total. The van der Waals surface area contributed by atoms with E-state index < -0.39 is 0 Å². The minimum absolute atomic E-state index is 0.0389. The number of hydrogen-bond donors (Lipinski definition) is 2. The first-order valence-electron chi connectivity index (χ1n) is 12.8. The number of carbonyl (C=O) groups is 1. The Morgan fingerprint density at radius 1 is 0.607 bits per heavy atom. The van der Waals surface area contributed by atoms with Crippen LogP contribution in [0, 0.1) is 0 Å². The number of rotatable bonds is 22. The van der Waals surface area contributed by atoms with Crippen molar-refractivity contribution in [1.29, 1.82) is 0 Å². The van der Waals surface area contributed by atoms with E-state index in [9.17, 15) is 4.79 Å². The normalized spacial score (nSPS) is 12.2. The van der Waals surface area contributed by atoms with Crippen LogP contribution in [0.4, 0.5) is 0 Å². The van der Waals surface area contributed by atoms with Crippen LogP contribution in [0.15, 0.2) is 0 Å². The molecule has 28 heavy (non-hydrogen) atoms. The maximum Gasteiger partial charge on any atom is 0.236 e. The standard InChI is InChI=1S/C25H52N2O/c1-3-5-7-8-9-10-11-12-13-14-15-16-17-18-19-21-23-27-25(28)24(26)22-20-6-4-2/h24H,3-23,26H2,1-2H3,(H,27,28). The minimum Gasteiger partial charge on any atom is -0.355 e. The highest BCUT2D eigenvalue weighted by Crippen LogP contribution is 2.13. The summed E-state index contributed by atoms with van der Waals surface area (Å²) in [5.74, 6) is 0.0389. The largest absolute Gasteiger partial charge is 0.355 e. The zero-order valence-electron chi connectivity index (χ0n) is 19.4. The lowest BCUT2D eigenvalue weighted by atomic mass is 10.0. The molecule has 0 heterocycles. The summed E-state index contributed by atoms with van der Waals surface area (Å²) in [6, 6.07) is -0.312. The molecule has 0 aromatic carbocycles. The quantitative estimate of drug-likeness (QED) is 0.189. The third kappa shape index (κ3) is 20.2. The van der Waals surface area contributed by atoms with Crippen LogP contribution in [0.5, 0.6) is 0 Å². The first kappa shape index (κ1) is 27.4. The van der Waals surface area contributed by atoms with E-state index in [1.807, 2.05) is 0 Å². The smallest absolute Gasteiger partial charge is 0.236 e. The van der Waals surface area contributed by atoms with Gasteiger partial charge in [-0.15, -0.1) is 0 Å². The summed E-state index contributed by atoms with van der Waals surface area (Å²) in [5, 5.41) is 2.99. The molecule has 0 saturated heterocycles. The van der Waals surface area contributed by atoms with E-state index in [4.69, 9.17) is 5.73 Å². The Balaban J connectivity index is 3.18. The van der Waals surface area contributed by atoms with Crippen LogP contribution in [0.2, 0.25) is 0 Å². The molecule has 0 fully saturated rings. The van der Waals surface area contributed by atoms with Crippen molar-refractivity contribution >= 4 is 5.91 Å². The van der Waals surface area contributed by atoms with Crippen molar-refractivity contribution in [2.24, 2.45) is 5.73 Å². The molecule has 0 aromatic rings. The number of nitrogens with two attached hydrogens (primary N) is 1. The van der Waals surface area contributed by atoms with Gasteiger partial charge in [0.2, 0.25) is 5.91 Å². The third-order valence-corrected chi connectivity index (χ3v) is 5.79. The molecule has 1 atom stereocenters. The Morgan fingerprint density at radius 3 is 1.39 bits per heavy atom. The van der Waals surface area contributed by atoms with Crippen LogP contribution in [0.25, 0.3) is 0 Å². The summed E-state index contributed by atoms with van der Waals surface area (Å²) in [6.07, 6.45) is 26.3. The maximum absolute atomic E-state index is 11.9. The summed E-state index contributed by atoms with van der Waals surface area (Å²) >= 11 is 0. The Labute approximate surface area is 177 Å². The van der Waals surface area contributed by atoms with Gasteiger partial charge in [0.25, 0.3) is 0 Å². The summed E-state index contributed by atoms with van der Waals surface area (Å²) in [5.41, 5.74) is 5.92. The van der Waals surface area contributed by atoms with E-state index in [0.29, 0.717) is 0 Å². The molecular weight excluding hydrogens is 344 g/mol. The molecule has 0 spiro atoms. The van der Waals surface area contributed by atoms with Gasteiger partial charge < -0.3 is 11.1 Å². The van der Waals surface area contributed by atoms with E-state index in [1.165, 1.54) is 109 Å². The summed E-state index contributed by atoms with van der Waals surface area (Å²) in [4.78, 5) is 11.9. The molecule has 0 rings (SSSR count). The fourth-order valence-corrected chi connectivity index (χ4v) is 3.76. The fraction of sp³-hybridized carbons (Fsp3) is 0.960. The molecule has 0 bridgehead atoms. The van der Waals surface area contributed by atoms with Gasteiger partial charge >= 0.3 is 0 Å². The predicted molar refractivity (Wildman–Crippen MR) is 125 cm³/mol. The van der Waals surface area contributed by atoms with Gasteiger partial charge in [-0.3, -0.25) is 4.79 Å². The molecule has 3 N–H and O–H groups in total. The number of carbonyl (C=O) groups excluding carboxylic acids is 1. The zero-order valence-corrected chi connectivity index (χ0v) is 19.4. The van der Waals surface area contributed by atoms with Gasteiger partial charge in [0.15, 0.2) is 0 Å². The van der Waals surface area contributed by atoms with Crippen LogP contribution < -0.4 is 11.1 Å². The molecule has 1 unspecified atom stereocenters. The van der Waals surface area contributed by atoms with Gasteiger partial charge in [-0.2, -0.15) is 0 Å². The predicted octanol–water partition coefficient (Wildman–Crippen LogP) is 7.27. The van der Waals surface area contributed by atoms with Gasteiger partial charge in [0, 0.05) is 6.54 Å². The van der Waals surface area contributed by atoms with Crippen LogP contribution >= 0.6 is 0 Å². The number of unbranched alkanes of at least 4 members (excludes halogenated alkanes) is 17. The SMILES string of the molecule is CCCCCCCCCCCCCCCCCCNC(=O)C(N)CCCCC. The number of nitrogens with one attached hydrogen (secondary N) is 1. The Kier molecular flexibility index (Phi) is 22.3. The highest BCUT2D eigenvalue weighted by Gasteiger charge is 2.11. The molecule has 0 radical (unpaired) electrons. The minimum atomic E-state index is -0.312. The van der Waals surface area contributed by atoms with E-state index in [1.54, 1.807) is 0 Å². The van der Waals surface area contributed by atoms with Crippen molar-refractivity contribution in [1.82, 2.24) is 5.32 Å². The topological polar surface area (TPSA) is 55.1 Å². The number of hydrogen-bond acceptors (Lipinski definition) is 2.